The second kappa shape index (κ2) is 7.80. The average Bonchev–Trinajstić information content (AvgIpc) is 2.49. The normalized spacial score (nSPS) is 10.3. The van der Waals surface area contributed by atoms with Gasteiger partial charge >= 0.3 is 0 Å². The molecule has 0 saturated carbocycles. The summed E-state index contributed by atoms with van der Waals surface area (Å²) in [4.78, 5) is 11.9. The summed E-state index contributed by atoms with van der Waals surface area (Å²) in [5, 5.41) is 0. The quantitative estimate of drug-likeness (QED) is 0.553. The van der Waals surface area contributed by atoms with Crippen molar-refractivity contribution in [1.82, 2.24) is 0 Å². The third-order valence-corrected chi connectivity index (χ3v) is 3.97. The highest BCUT2D eigenvalue weighted by molar-refractivity contribution is 7.99. The maximum atomic E-state index is 11.9. The minimum Gasteiger partial charge on any atom is -0.293 e. The molecule has 1 nitrogen and oxygen atoms in total. The molecular formula is C17H18OS. The summed E-state index contributed by atoms with van der Waals surface area (Å²) < 4.78 is 0. The van der Waals surface area contributed by atoms with Crippen LogP contribution in [0.3, 0.4) is 0 Å². The van der Waals surface area contributed by atoms with Crippen LogP contribution >= 0.6 is 11.8 Å². The lowest BCUT2D eigenvalue weighted by molar-refractivity contribution is 0.102. The number of ketones is 1. The molecule has 0 aliphatic rings. The number of hydrogen-bond acceptors (Lipinski definition) is 2. The topological polar surface area (TPSA) is 17.1 Å². The van der Waals surface area contributed by atoms with Gasteiger partial charge in [-0.25, -0.2) is 0 Å². The van der Waals surface area contributed by atoms with Crippen LogP contribution in [0, 0.1) is 0 Å². The second-order valence-corrected chi connectivity index (χ2v) is 5.54. The molecule has 0 aliphatic carbocycles. The Morgan fingerprint density at radius 1 is 0.895 bits per heavy atom. The minimum absolute atomic E-state index is 0.227. The molecular weight excluding hydrogens is 252 g/mol. The number of aryl methyl sites for hydroxylation is 1. The fourth-order valence-electron chi connectivity index (χ4n) is 1.90. The molecule has 2 aromatic rings. The summed E-state index contributed by atoms with van der Waals surface area (Å²) >= 11 is 1.73. The van der Waals surface area contributed by atoms with Crippen molar-refractivity contribution >= 4 is 17.5 Å². The lowest BCUT2D eigenvalue weighted by Gasteiger charge is -2.02. The van der Waals surface area contributed by atoms with E-state index in [1.807, 2.05) is 36.4 Å². The largest absolute Gasteiger partial charge is 0.293 e. The Morgan fingerprint density at radius 3 is 2.21 bits per heavy atom. The van der Waals surface area contributed by atoms with Gasteiger partial charge in [-0.2, -0.15) is 11.8 Å². The van der Waals surface area contributed by atoms with Gasteiger partial charge in [-0.05, 0) is 24.2 Å². The summed E-state index contributed by atoms with van der Waals surface area (Å²) in [5.41, 5.74) is 2.19. The molecule has 2 rings (SSSR count). The lowest BCUT2D eigenvalue weighted by Crippen LogP contribution is -2.02. The summed E-state index contributed by atoms with van der Waals surface area (Å²) in [7, 11) is 0. The van der Waals surface area contributed by atoms with Gasteiger partial charge in [-0.15, -0.1) is 0 Å². The molecule has 98 valence electrons. The minimum atomic E-state index is 0.227. The maximum absolute atomic E-state index is 11.9. The van der Waals surface area contributed by atoms with Crippen LogP contribution in [0.2, 0.25) is 0 Å². The molecule has 2 aromatic carbocycles. The predicted molar refractivity (Wildman–Crippen MR) is 82.9 cm³/mol. The zero-order valence-electron chi connectivity index (χ0n) is 10.9. The summed E-state index contributed by atoms with van der Waals surface area (Å²) in [6.07, 6.45) is 2.21. The number of benzene rings is 2. The van der Waals surface area contributed by atoms with Gasteiger partial charge in [0.15, 0.2) is 5.78 Å². The van der Waals surface area contributed by atoms with E-state index in [1.165, 1.54) is 5.56 Å². The SMILES string of the molecule is O=C(CSCCCc1ccccc1)c1ccccc1. The molecule has 0 saturated heterocycles. The molecule has 0 radical (unpaired) electrons. The number of thioether (sulfide) groups is 1. The Kier molecular flexibility index (Phi) is 5.70. The molecule has 0 fully saturated rings. The van der Waals surface area contributed by atoms with Crippen LogP contribution in [0.25, 0.3) is 0 Å². The highest BCUT2D eigenvalue weighted by atomic mass is 32.2. The first-order valence-electron chi connectivity index (χ1n) is 6.56. The highest BCUT2D eigenvalue weighted by Crippen LogP contribution is 2.10. The van der Waals surface area contributed by atoms with Crippen LogP contribution in [-0.2, 0) is 6.42 Å². The van der Waals surface area contributed by atoms with E-state index in [0.29, 0.717) is 5.75 Å². The van der Waals surface area contributed by atoms with Crippen LogP contribution in [0.1, 0.15) is 22.3 Å². The summed E-state index contributed by atoms with van der Waals surface area (Å²) in [5.74, 6) is 1.84. The van der Waals surface area contributed by atoms with Crippen LogP contribution < -0.4 is 0 Å². The van der Waals surface area contributed by atoms with Gasteiger partial charge in [0.05, 0.1) is 5.75 Å². The number of hydrogen-bond donors (Lipinski definition) is 0. The molecule has 0 aliphatic heterocycles. The number of rotatable bonds is 7. The molecule has 0 bridgehead atoms. The van der Waals surface area contributed by atoms with Crippen molar-refractivity contribution in [3.05, 3.63) is 71.8 Å². The zero-order valence-corrected chi connectivity index (χ0v) is 11.7. The number of Topliss-reactive ketones (excluding diaryl/α,β-unsaturated/α-hetero) is 1. The molecule has 0 aromatic heterocycles. The maximum Gasteiger partial charge on any atom is 0.172 e. The first-order chi connectivity index (χ1) is 9.36. The van der Waals surface area contributed by atoms with Gasteiger partial charge in [0, 0.05) is 5.56 Å². The molecule has 2 heteroatoms. The van der Waals surface area contributed by atoms with Crippen molar-refractivity contribution in [3.63, 3.8) is 0 Å². The Labute approximate surface area is 119 Å². The highest BCUT2D eigenvalue weighted by Gasteiger charge is 2.04. The van der Waals surface area contributed by atoms with Gasteiger partial charge in [-0.3, -0.25) is 4.79 Å². The van der Waals surface area contributed by atoms with Crippen LogP contribution in [0.5, 0.6) is 0 Å². The van der Waals surface area contributed by atoms with Crippen molar-refractivity contribution in [1.29, 1.82) is 0 Å². The van der Waals surface area contributed by atoms with E-state index in [0.717, 1.165) is 24.2 Å². The van der Waals surface area contributed by atoms with Gasteiger partial charge < -0.3 is 0 Å². The standard InChI is InChI=1S/C17H18OS/c18-17(16-11-5-2-6-12-16)14-19-13-7-10-15-8-3-1-4-9-15/h1-6,8-9,11-12H,7,10,13-14H2. The fourth-order valence-corrected chi connectivity index (χ4v) is 2.74. The zero-order chi connectivity index (χ0) is 13.3. The average molecular weight is 270 g/mol. The van der Waals surface area contributed by atoms with Crippen LogP contribution in [-0.4, -0.2) is 17.3 Å². The van der Waals surface area contributed by atoms with E-state index in [4.69, 9.17) is 0 Å². The number of carbonyl (C=O) groups excluding carboxylic acids is 1. The Morgan fingerprint density at radius 2 is 1.53 bits per heavy atom. The second-order valence-electron chi connectivity index (χ2n) is 4.43. The molecule has 0 atom stereocenters. The predicted octanol–water partition coefficient (Wildman–Crippen LogP) is 4.24. The van der Waals surface area contributed by atoms with Crippen molar-refractivity contribution in [3.8, 4) is 0 Å². The summed E-state index contributed by atoms with van der Waals surface area (Å²) in [6.45, 7) is 0. The first kappa shape index (κ1) is 13.9. The van der Waals surface area contributed by atoms with E-state index in [2.05, 4.69) is 24.3 Å². The number of carbonyl (C=O) groups is 1. The Bertz CT molecular complexity index is 493. The smallest absolute Gasteiger partial charge is 0.172 e. The van der Waals surface area contributed by atoms with Crippen molar-refractivity contribution in [2.75, 3.05) is 11.5 Å². The molecule has 0 unspecified atom stereocenters. The monoisotopic (exact) mass is 270 g/mol. The van der Waals surface area contributed by atoms with E-state index in [9.17, 15) is 4.79 Å². The van der Waals surface area contributed by atoms with Gasteiger partial charge in [0.2, 0.25) is 0 Å². The van der Waals surface area contributed by atoms with Crippen molar-refractivity contribution in [2.45, 2.75) is 12.8 Å². The first-order valence-corrected chi connectivity index (χ1v) is 7.71. The Balaban J connectivity index is 1.63. The summed E-state index contributed by atoms with van der Waals surface area (Å²) in [6, 6.07) is 20.0. The third-order valence-electron chi connectivity index (χ3n) is 2.93. The van der Waals surface area contributed by atoms with Crippen molar-refractivity contribution < 1.29 is 4.79 Å². The third kappa shape index (κ3) is 4.92. The molecule has 0 amide bonds. The lowest BCUT2D eigenvalue weighted by atomic mass is 10.1. The Hall–Kier alpha value is -1.54. The molecule has 0 heterocycles. The van der Waals surface area contributed by atoms with Gasteiger partial charge in [-0.1, -0.05) is 60.7 Å². The molecule has 0 spiro atoms. The van der Waals surface area contributed by atoms with E-state index < -0.39 is 0 Å². The van der Waals surface area contributed by atoms with Crippen molar-refractivity contribution in [2.24, 2.45) is 0 Å². The van der Waals surface area contributed by atoms with Crippen LogP contribution in [0.4, 0.5) is 0 Å². The van der Waals surface area contributed by atoms with E-state index in [-0.39, 0.29) is 5.78 Å². The molecule has 0 N–H and O–H groups in total. The fraction of sp³-hybridized carbons (Fsp3) is 0.235. The van der Waals surface area contributed by atoms with E-state index >= 15 is 0 Å². The van der Waals surface area contributed by atoms with Gasteiger partial charge in [0.25, 0.3) is 0 Å². The molecule has 19 heavy (non-hydrogen) atoms. The van der Waals surface area contributed by atoms with E-state index in [1.54, 1.807) is 11.8 Å². The van der Waals surface area contributed by atoms with Crippen LogP contribution in [0.15, 0.2) is 60.7 Å². The van der Waals surface area contributed by atoms with Gasteiger partial charge in [0.1, 0.15) is 0 Å².